The Balaban J connectivity index is 1.66. The van der Waals surface area contributed by atoms with E-state index < -0.39 is 0 Å². The van der Waals surface area contributed by atoms with Crippen LogP contribution in [0.3, 0.4) is 0 Å². The number of benzene rings is 2. The Bertz CT molecular complexity index is 617. The summed E-state index contributed by atoms with van der Waals surface area (Å²) in [6.45, 7) is 2.14. The summed E-state index contributed by atoms with van der Waals surface area (Å²) in [6.07, 6.45) is 0.873. The first-order chi connectivity index (χ1) is 12.3. The average Bonchev–Trinajstić information content (AvgIpc) is 2.68. The molecule has 0 aliphatic heterocycles. The van der Waals surface area contributed by atoms with Crippen LogP contribution in [0.5, 0.6) is 5.75 Å². The molecule has 0 aromatic heterocycles. The molecule has 0 amide bonds. The van der Waals surface area contributed by atoms with E-state index in [9.17, 15) is 5.11 Å². The Hall–Kier alpha value is -2.53. The van der Waals surface area contributed by atoms with Crippen LogP contribution >= 0.6 is 0 Å². The number of para-hydroxylation sites is 1. The van der Waals surface area contributed by atoms with Crippen molar-refractivity contribution < 1.29 is 9.84 Å². The van der Waals surface area contributed by atoms with Crippen LogP contribution in [0.25, 0.3) is 0 Å². The molecule has 0 heterocycles. The molecule has 5 nitrogen and oxygen atoms in total. The molecule has 3 N–H and O–H groups in total. The lowest BCUT2D eigenvalue weighted by Gasteiger charge is -2.18. The van der Waals surface area contributed by atoms with Gasteiger partial charge >= 0.3 is 0 Å². The minimum Gasteiger partial charge on any atom is -0.494 e. The van der Waals surface area contributed by atoms with Gasteiger partial charge in [0.05, 0.1) is 13.2 Å². The maximum atomic E-state index is 9.60. The summed E-state index contributed by atoms with van der Waals surface area (Å²) in [4.78, 5) is 4.22. The number of aliphatic imine (C=N–C) groups is 1. The van der Waals surface area contributed by atoms with Gasteiger partial charge in [-0.05, 0) is 24.1 Å². The van der Waals surface area contributed by atoms with Gasteiger partial charge in [-0.3, -0.25) is 4.99 Å². The molecule has 5 heteroatoms. The van der Waals surface area contributed by atoms with E-state index in [1.54, 1.807) is 7.05 Å². The highest BCUT2D eigenvalue weighted by atomic mass is 16.5. The second-order valence-electron chi connectivity index (χ2n) is 5.69. The molecule has 0 spiro atoms. The Morgan fingerprint density at radius 2 is 1.72 bits per heavy atom. The lowest BCUT2D eigenvalue weighted by Crippen LogP contribution is -2.40. The molecule has 134 valence electrons. The topological polar surface area (TPSA) is 65.9 Å². The minimum atomic E-state index is 0.0427. The van der Waals surface area contributed by atoms with Crippen LogP contribution in [0.4, 0.5) is 0 Å². The summed E-state index contributed by atoms with van der Waals surface area (Å²) >= 11 is 0. The maximum absolute atomic E-state index is 9.60. The van der Waals surface area contributed by atoms with Crippen molar-refractivity contribution in [2.24, 2.45) is 4.99 Å². The lowest BCUT2D eigenvalue weighted by atomic mass is 10.0. The van der Waals surface area contributed by atoms with Gasteiger partial charge in [-0.1, -0.05) is 48.5 Å². The number of aliphatic hydroxyl groups excluding tert-OH is 1. The minimum absolute atomic E-state index is 0.0427. The van der Waals surface area contributed by atoms with Crippen molar-refractivity contribution >= 4 is 5.96 Å². The monoisotopic (exact) mass is 341 g/mol. The number of guanidine groups is 1. The largest absolute Gasteiger partial charge is 0.494 e. The van der Waals surface area contributed by atoms with Crippen molar-refractivity contribution in [2.45, 2.75) is 12.3 Å². The standard InChI is InChI=1S/C20H27N3O2/c1-21-20(22-13-8-14-25-19-11-6-3-7-12-19)23-15-18(16-24)17-9-4-2-5-10-17/h2-7,9-12,18,24H,8,13-16H2,1H3,(H2,21,22,23). The number of nitrogens with one attached hydrogen (secondary N) is 2. The summed E-state index contributed by atoms with van der Waals surface area (Å²) in [6, 6.07) is 19.8. The summed E-state index contributed by atoms with van der Waals surface area (Å²) < 4.78 is 5.66. The molecule has 0 saturated heterocycles. The van der Waals surface area contributed by atoms with Crippen LogP contribution < -0.4 is 15.4 Å². The van der Waals surface area contributed by atoms with Crippen molar-refractivity contribution in [3.8, 4) is 5.75 Å². The molecule has 2 aromatic rings. The first kappa shape index (κ1) is 18.8. The van der Waals surface area contributed by atoms with Gasteiger partial charge in [-0.2, -0.15) is 0 Å². The fraction of sp³-hybridized carbons (Fsp3) is 0.350. The summed E-state index contributed by atoms with van der Waals surface area (Å²) in [5.41, 5.74) is 1.12. The molecule has 0 bridgehead atoms. The van der Waals surface area contributed by atoms with E-state index in [0.717, 1.165) is 30.2 Å². The predicted molar refractivity (Wildman–Crippen MR) is 102 cm³/mol. The van der Waals surface area contributed by atoms with Crippen LogP contribution in [0.2, 0.25) is 0 Å². The Kier molecular flexibility index (Phi) is 8.35. The highest BCUT2D eigenvalue weighted by Gasteiger charge is 2.10. The van der Waals surface area contributed by atoms with Gasteiger partial charge in [0.25, 0.3) is 0 Å². The number of hydrogen-bond acceptors (Lipinski definition) is 3. The second kappa shape index (κ2) is 11.1. The molecule has 25 heavy (non-hydrogen) atoms. The number of rotatable bonds is 9. The summed E-state index contributed by atoms with van der Waals surface area (Å²) in [5, 5.41) is 16.1. The van der Waals surface area contributed by atoms with Crippen molar-refractivity contribution in [3.63, 3.8) is 0 Å². The van der Waals surface area contributed by atoms with Crippen LogP contribution in [-0.2, 0) is 0 Å². The quantitative estimate of drug-likeness (QED) is 0.372. The fourth-order valence-electron chi connectivity index (χ4n) is 2.44. The first-order valence-corrected chi connectivity index (χ1v) is 8.61. The fourth-order valence-corrected chi connectivity index (χ4v) is 2.44. The smallest absolute Gasteiger partial charge is 0.191 e. The zero-order valence-corrected chi connectivity index (χ0v) is 14.7. The van der Waals surface area contributed by atoms with Gasteiger partial charge < -0.3 is 20.5 Å². The Morgan fingerprint density at radius 1 is 1.04 bits per heavy atom. The number of nitrogens with zero attached hydrogens (tertiary/aromatic N) is 1. The number of ether oxygens (including phenoxy) is 1. The third-order valence-corrected chi connectivity index (χ3v) is 3.86. The van der Waals surface area contributed by atoms with Gasteiger partial charge in [-0.15, -0.1) is 0 Å². The van der Waals surface area contributed by atoms with E-state index in [4.69, 9.17) is 4.74 Å². The van der Waals surface area contributed by atoms with E-state index >= 15 is 0 Å². The third-order valence-electron chi connectivity index (χ3n) is 3.86. The highest BCUT2D eigenvalue weighted by Crippen LogP contribution is 2.13. The summed E-state index contributed by atoms with van der Waals surface area (Å²) in [7, 11) is 1.74. The van der Waals surface area contributed by atoms with E-state index in [1.165, 1.54) is 0 Å². The molecular weight excluding hydrogens is 314 g/mol. The summed E-state index contributed by atoms with van der Waals surface area (Å²) in [5.74, 6) is 1.66. The maximum Gasteiger partial charge on any atom is 0.191 e. The van der Waals surface area contributed by atoms with Gasteiger partial charge in [0.1, 0.15) is 5.75 Å². The molecule has 0 saturated carbocycles. The molecular formula is C20H27N3O2. The molecule has 0 aliphatic carbocycles. The molecule has 1 atom stereocenters. The molecule has 0 fully saturated rings. The van der Waals surface area contributed by atoms with Gasteiger partial charge in [0, 0.05) is 26.1 Å². The van der Waals surface area contributed by atoms with Crippen molar-refractivity contribution in [1.29, 1.82) is 0 Å². The molecule has 0 aliphatic rings. The molecule has 0 radical (unpaired) electrons. The predicted octanol–water partition coefficient (Wildman–Crippen LogP) is 2.40. The molecule has 1 unspecified atom stereocenters. The normalized spacial score (nSPS) is 12.5. The van der Waals surface area contributed by atoms with Crippen LogP contribution in [0.1, 0.15) is 17.9 Å². The highest BCUT2D eigenvalue weighted by molar-refractivity contribution is 5.79. The second-order valence-corrected chi connectivity index (χ2v) is 5.69. The van der Waals surface area contributed by atoms with Crippen molar-refractivity contribution in [2.75, 3.05) is 33.4 Å². The Morgan fingerprint density at radius 3 is 2.36 bits per heavy atom. The van der Waals surface area contributed by atoms with Crippen LogP contribution in [0.15, 0.2) is 65.7 Å². The third kappa shape index (κ3) is 6.85. The van der Waals surface area contributed by atoms with Gasteiger partial charge in [-0.25, -0.2) is 0 Å². The van der Waals surface area contributed by atoms with E-state index in [0.29, 0.717) is 13.2 Å². The van der Waals surface area contributed by atoms with E-state index in [2.05, 4.69) is 15.6 Å². The zero-order chi connectivity index (χ0) is 17.7. The zero-order valence-electron chi connectivity index (χ0n) is 14.7. The van der Waals surface area contributed by atoms with Crippen LogP contribution in [-0.4, -0.2) is 44.4 Å². The average molecular weight is 341 g/mol. The number of hydrogen-bond donors (Lipinski definition) is 3. The van der Waals surface area contributed by atoms with Crippen LogP contribution in [0, 0.1) is 0 Å². The molecule has 2 aromatic carbocycles. The lowest BCUT2D eigenvalue weighted by molar-refractivity contribution is 0.265. The van der Waals surface area contributed by atoms with E-state index in [1.807, 2.05) is 60.7 Å². The van der Waals surface area contributed by atoms with Crippen molar-refractivity contribution in [3.05, 3.63) is 66.2 Å². The number of aliphatic hydroxyl groups is 1. The van der Waals surface area contributed by atoms with Gasteiger partial charge in [0.15, 0.2) is 5.96 Å². The van der Waals surface area contributed by atoms with E-state index in [-0.39, 0.29) is 12.5 Å². The SMILES string of the molecule is CN=C(NCCCOc1ccccc1)NCC(CO)c1ccccc1. The Labute approximate surface area is 149 Å². The molecule has 2 rings (SSSR count). The first-order valence-electron chi connectivity index (χ1n) is 8.61. The van der Waals surface area contributed by atoms with Gasteiger partial charge in [0.2, 0.25) is 0 Å². The van der Waals surface area contributed by atoms with Crippen molar-refractivity contribution in [1.82, 2.24) is 10.6 Å².